The van der Waals surface area contributed by atoms with Gasteiger partial charge in [0, 0.05) is 28.0 Å². The van der Waals surface area contributed by atoms with Crippen molar-refractivity contribution in [1.82, 2.24) is 9.97 Å². The molecule has 0 radical (unpaired) electrons. The Bertz CT molecular complexity index is 1030. The largest absolute Gasteiger partial charge is 1.00 e. The second kappa shape index (κ2) is 9.24. The number of hydrogen-bond donors (Lipinski definition) is 1. The number of ether oxygens (including phenoxy) is 1. The first-order valence-electron chi connectivity index (χ1n) is 8.92. The summed E-state index contributed by atoms with van der Waals surface area (Å²) in [6.07, 6.45) is -2.61. The van der Waals surface area contributed by atoms with Gasteiger partial charge in [-0.05, 0) is 39.0 Å². The molecule has 2 heterocycles. The zero-order chi connectivity index (χ0) is 21.4. The number of alkyl halides is 4. The highest BCUT2D eigenvalue weighted by Gasteiger charge is 2.32. The predicted molar refractivity (Wildman–Crippen MR) is 110 cm³/mol. The zero-order valence-corrected chi connectivity index (χ0v) is 19.2. The monoisotopic (exact) mass is 479 g/mol. The van der Waals surface area contributed by atoms with Gasteiger partial charge in [-0.25, -0.2) is 9.55 Å². The van der Waals surface area contributed by atoms with Crippen LogP contribution in [-0.2, 0) is 11.9 Å². The molecule has 30 heavy (non-hydrogen) atoms. The highest BCUT2D eigenvalue weighted by atomic mass is 35.5. The number of aromatic nitrogens is 3. The Labute approximate surface area is 188 Å². The van der Waals surface area contributed by atoms with Crippen LogP contribution in [0.4, 0.5) is 13.2 Å². The predicted octanol–water partition coefficient (Wildman–Crippen LogP) is 2.43. The third-order valence-electron chi connectivity index (χ3n) is 4.40. The molecule has 0 fully saturated rings. The zero-order valence-electron chi connectivity index (χ0n) is 16.9. The molecular formula is C20H22Cl2F3N3OS. The fourth-order valence-electron chi connectivity index (χ4n) is 2.95. The van der Waals surface area contributed by atoms with E-state index >= 15 is 0 Å². The number of hydrogen-bond acceptors (Lipinski definition) is 3. The van der Waals surface area contributed by atoms with Crippen molar-refractivity contribution in [1.29, 1.82) is 0 Å². The summed E-state index contributed by atoms with van der Waals surface area (Å²) >= 11 is 7.97. The molecular weight excluding hydrogens is 458 g/mol. The van der Waals surface area contributed by atoms with E-state index in [1.54, 1.807) is 25.1 Å². The molecule has 0 saturated carbocycles. The maximum absolute atomic E-state index is 13.0. The van der Waals surface area contributed by atoms with Crippen molar-refractivity contribution in [3.05, 3.63) is 47.3 Å². The minimum Gasteiger partial charge on any atom is -1.00 e. The van der Waals surface area contributed by atoms with Gasteiger partial charge in [-0.15, -0.1) is 11.6 Å². The van der Waals surface area contributed by atoms with E-state index in [1.165, 1.54) is 6.07 Å². The van der Waals surface area contributed by atoms with Gasteiger partial charge in [-0.3, -0.25) is 0 Å². The standard InChI is InChI=1S/C20H22ClF3N3OS.ClH/c1-12-16(10-29-11-19(2,3)21)27(8-7-17(12)28-4)18-25-14-6-5-13(20(22,23)24)9-15(14)26-18;/h5-9H,10-11H2,1-4H3,(H,25,26);1H/q+1;/p-1. The third kappa shape index (κ3) is 5.53. The topological polar surface area (TPSA) is 41.8 Å². The van der Waals surface area contributed by atoms with Crippen LogP contribution >= 0.6 is 23.4 Å². The summed E-state index contributed by atoms with van der Waals surface area (Å²) in [5, 5.41) is 0. The van der Waals surface area contributed by atoms with Crippen LogP contribution in [0.5, 0.6) is 5.75 Å². The summed E-state index contributed by atoms with van der Waals surface area (Å²) in [5.41, 5.74) is 1.95. The maximum Gasteiger partial charge on any atom is 0.416 e. The molecule has 2 aromatic heterocycles. The van der Waals surface area contributed by atoms with Crippen molar-refractivity contribution in [3.8, 4) is 11.7 Å². The van der Waals surface area contributed by atoms with Crippen molar-refractivity contribution >= 4 is 34.4 Å². The fraction of sp³-hybridized carbons (Fsp3) is 0.400. The van der Waals surface area contributed by atoms with E-state index in [-0.39, 0.29) is 22.8 Å². The summed E-state index contributed by atoms with van der Waals surface area (Å²) in [6, 6.07) is 5.31. The molecule has 0 aliphatic carbocycles. The van der Waals surface area contributed by atoms with Gasteiger partial charge >= 0.3 is 12.1 Å². The molecule has 164 valence electrons. The number of aromatic amines is 1. The van der Waals surface area contributed by atoms with E-state index in [0.29, 0.717) is 17.2 Å². The molecule has 0 spiro atoms. The van der Waals surface area contributed by atoms with E-state index < -0.39 is 11.7 Å². The first-order valence-corrected chi connectivity index (χ1v) is 10.4. The average molecular weight is 480 g/mol. The van der Waals surface area contributed by atoms with Crippen LogP contribution in [0.15, 0.2) is 30.5 Å². The number of methoxy groups -OCH3 is 1. The van der Waals surface area contributed by atoms with Gasteiger partial charge in [-0.2, -0.15) is 24.9 Å². The Morgan fingerprint density at radius 1 is 1.23 bits per heavy atom. The number of fused-ring (bicyclic) bond motifs is 1. The number of imidazole rings is 1. The van der Waals surface area contributed by atoms with Crippen molar-refractivity contribution < 1.29 is 34.9 Å². The minimum atomic E-state index is -4.41. The molecule has 0 saturated heterocycles. The molecule has 0 amide bonds. The van der Waals surface area contributed by atoms with Gasteiger partial charge < -0.3 is 17.1 Å². The minimum absolute atomic E-state index is 0. The SMILES string of the molecule is COc1cc[n+](-c2nc3cc(C(F)(F)F)ccc3[nH]2)c(CSCC(C)(C)Cl)c1C.[Cl-]. The Kier molecular flexibility index (Phi) is 7.59. The summed E-state index contributed by atoms with van der Waals surface area (Å²) in [6.45, 7) is 5.85. The van der Waals surface area contributed by atoms with E-state index in [2.05, 4.69) is 9.97 Å². The lowest BCUT2D eigenvalue weighted by Gasteiger charge is -2.16. The molecule has 3 rings (SSSR count). The lowest BCUT2D eigenvalue weighted by Crippen LogP contribution is -3.00. The Morgan fingerprint density at radius 2 is 1.93 bits per heavy atom. The highest BCUT2D eigenvalue weighted by Crippen LogP contribution is 2.31. The molecule has 0 unspecified atom stereocenters. The van der Waals surface area contributed by atoms with Crippen molar-refractivity contribution in [2.24, 2.45) is 0 Å². The van der Waals surface area contributed by atoms with Crippen LogP contribution < -0.4 is 21.7 Å². The van der Waals surface area contributed by atoms with Gasteiger partial charge in [0.1, 0.15) is 17.0 Å². The second-order valence-corrected chi connectivity index (χ2v) is 9.34. The maximum atomic E-state index is 13.0. The molecule has 4 nitrogen and oxygen atoms in total. The molecule has 0 bridgehead atoms. The van der Waals surface area contributed by atoms with E-state index in [4.69, 9.17) is 16.3 Å². The molecule has 1 N–H and O–H groups in total. The Morgan fingerprint density at radius 3 is 2.53 bits per heavy atom. The first-order chi connectivity index (χ1) is 13.5. The van der Waals surface area contributed by atoms with Crippen LogP contribution in [0.3, 0.4) is 0 Å². The van der Waals surface area contributed by atoms with Gasteiger partial charge in [0.2, 0.25) is 0 Å². The van der Waals surface area contributed by atoms with Crippen LogP contribution in [-0.4, -0.2) is 27.7 Å². The number of nitrogens with zero attached hydrogens (tertiary/aromatic N) is 2. The second-order valence-electron chi connectivity index (χ2n) is 7.33. The van der Waals surface area contributed by atoms with Crippen LogP contribution in [0.2, 0.25) is 0 Å². The van der Waals surface area contributed by atoms with Crippen molar-refractivity contribution in [2.75, 3.05) is 12.9 Å². The molecule has 1 aromatic carbocycles. The fourth-order valence-corrected chi connectivity index (χ4v) is 4.32. The molecule has 10 heteroatoms. The van der Waals surface area contributed by atoms with Crippen molar-refractivity contribution in [2.45, 2.75) is 37.6 Å². The number of H-pyrrole nitrogens is 1. The number of nitrogens with one attached hydrogen (secondary N) is 1. The summed E-state index contributed by atoms with van der Waals surface area (Å²) in [7, 11) is 1.60. The first kappa shape index (κ1) is 24.6. The quantitative estimate of drug-likeness (QED) is 0.436. The van der Waals surface area contributed by atoms with Crippen molar-refractivity contribution in [3.63, 3.8) is 0 Å². The molecule has 0 aliphatic rings. The summed E-state index contributed by atoms with van der Waals surface area (Å²) in [5.74, 6) is 2.56. The van der Waals surface area contributed by atoms with E-state index in [1.807, 2.05) is 31.4 Å². The molecule has 0 aliphatic heterocycles. The number of benzene rings is 1. The van der Waals surface area contributed by atoms with Gasteiger partial charge in [0.05, 0.1) is 18.9 Å². The van der Waals surface area contributed by atoms with Gasteiger partial charge in [0.15, 0.2) is 5.52 Å². The Balaban J connectivity index is 0.00000320. The summed E-state index contributed by atoms with van der Waals surface area (Å²) < 4.78 is 46.3. The molecule has 0 atom stereocenters. The lowest BCUT2D eigenvalue weighted by molar-refractivity contribution is -0.610. The molecule has 3 aromatic rings. The number of halogens is 5. The van der Waals surface area contributed by atoms with Crippen LogP contribution in [0.1, 0.15) is 30.7 Å². The highest BCUT2D eigenvalue weighted by molar-refractivity contribution is 7.98. The van der Waals surface area contributed by atoms with Gasteiger partial charge in [0.25, 0.3) is 0 Å². The van der Waals surface area contributed by atoms with Gasteiger partial charge in [-0.1, -0.05) is 4.98 Å². The number of pyridine rings is 1. The lowest BCUT2D eigenvalue weighted by atomic mass is 10.2. The van der Waals surface area contributed by atoms with E-state index in [0.717, 1.165) is 34.9 Å². The summed E-state index contributed by atoms with van der Waals surface area (Å²) in [4.78, 5) is 7.18. The Hall–Kier alpha value is -1.64. The van der Waals surface area contributed by atoms with E-state index in [9.17, 15) is 13.2 Å². The van der Waals surface area contributed by atoms with Crippen LogP contribution in [0, 0.1) is 6.92 Å². The van der Waals surface area contributed by atoms with Crippen LogP contribution in [0.25, 0.3) is 17.0 Å². The number of rotatable bonds is 6. The number of thioether (sulfide) groups is 1. The average Bonchev–Trinajstić information content (AvgIpc) is 3.04. The normalized spacial score (nSPS) is 12.1. The third-order valence-corrected chi connectivity index (χ3v) is 6.09. The smallest absolute Gasteiger partial charge is 0.416 e.